The van der Waals surface area contributed by atoms with Gasteiger partial charge in [-0.25, -0.2) is 8.42 Å². The molecule has 4 rings (SSSR count). The summed E-state index contributed by atoms with van der Waals surface area (Å²) in [6.45, 7) is 3.07. The Bertz CT molecular complexity index is 856. The van der Waals surface area contributed by atoms with Gasteiger partial charge >= 0.3 is 0 Å². The van der Waals surface area contributed by atoms with E-state index in [9.17, 15) is 8.42 Å². The molecule has 126 valence electrons. The first kappa shape index (κ1) is 15.3. The molecule has 0 amide bonds. The molecule has 0 aliphatic carbocycles. The van der Waals surface area contributed by atoms with Crippen LogP contribution in [0, 0.1) is 0 Å². The maximum absolute atomic E-state index is 13.0. The van der Waals surface area contributed by atoms with Crippen molar-refractivity contribution in [2.75, 3.05) is 17.9 Å². The smallest absolute Gasteiger partial charge is 0.266 e. The summed E-state index contributed by atoms with van der Waals surface area (Å²) in [5.74, 6) is 1.15. The van der Waals surface area contributed by atoms with E-state index in [-0.39, 0.29) is 4.90 Å². The lowest BCUT2D eigenvalue weighted by Crippen LogP contribution is -2.16. The molecule has 0 spiro atoms. The largest absolute Gasteiger partial charge is 0.493 e. The van der Waals surface area contributed by atoms with Crippen LogP contribution in [0.1, 0.15) is 23.6 Å². The Hall–Kier alpha value is -2.21. The molecule has 0 saturated heterocycles. The third kappa shape index (κ3) is 2.51. The molecule has 2 heterocycles. The molecule has 0 aromatic heterocycles. The predicted molar refractivity (Wildman–Crippen MR) is 91.5 cm³/mol. The maximum Gasteiger partial charge on any atom is 0.266 e. The van der Waals surface area contributed by atoms with Crippen molar-refractivity contribution in [2.24, 2.45) is 0 Å². The van der Waals surface area contributed by atoms with Crippen molar-refractivity contribution in [1.29, 1.82) is 0 Å². The summed E-state index contributed by atoms with van der Waals surface area (Å²) in [4.78, 5) is 0.240. The predicted octanol–water partition coefficient (Wildman–Crippen LogP) is 2.92. The van der Waals surface area contributed by atoms with E-state index < -0.39 is 10.0 Å². The molecule has 0 bridgehead atoms. The molecule has 2 aromatic carbocycles. The fourth-order valence-corrected chi connectivity index (χ4v) is 4.75. The van der Waals surface area contributed by atoms with Crippen molar-refractivity contribution >= 4 is 15.7 Å². The fraction of sp³-hybridized carbons (Fsp3) is 0.333. The highest BCUT2D eigenvalue weighted by atomic mass is 32.2. The van der Waals surface area contributed by atoms with Gasteiger partial charge < -0.3 is 9.47 Å². The third-order valence-corrected chi connectivity index (χ3v) is 5.96. The average Bonchev–Trinajstić information content (AvgIpc) is 3.20. The number of nitrogens with one attached hydrogen (secondary N) is 1. The normalized spacial score (nSPS) is 15.4. The molecule has 2 aliphatic heterocycles. The van der Waals surface area contributed by atoms with Crippen molar-refractivity contribution < 1.29 is 17.9 Å². The molecular weight excluding hydrogens is 326 g/mol. The highest BCUT2D eigenvalue weighted by Crippen LogP contribution is 2.43. The van der Waals surface area contributed by atoms with Crippen LogP contribution in [-0.2, 0) is 29.3 Å². The fourth-order valence-electron chi connectivity index (χ4n) is 3.24. The Labute approximate surface area is 141 Å². The summed E-state index contributed by atoms with van der Waals surface area (Å²) in [6, 6.07) is 9.35. The van der Waals surface area contributed by atoms with E-state index in [1.165, 1.54) is 0 Å². The topological polar surface area (TPSA) is 64.6 Å². The van der Waals surface area contributed by atoms with E-state index in [0.29, 0.717) is 48.8 Å². The van der Waals surface area contributed by atoms with Gasteiger partial charge in [-0.3, -0.25) is 4.72 Å². The molecule has 24 heavy (non-hydrogen) atoms. The number of hydrogen-bond donors (Lipinski definition) is 1. The summed E-state index contributed by atoms with van der Waals surface area (Å²) in [5, 5.41) is 0. The molecule has 6 heteroatoms. The minimum absolute atomic E-state index is 0.240. The first-order valence-electron chi connectivity index (χ1n) is 8.14. The van der Waals surface area contributed by atoms with E-state index in [4.69, 9.17) is 9.47 Å². The zero-order chi connectivity index (χ0) is 16.7. The standard InChI is InChI=1S/C18H19NO4S/c1-2-12-3-5-14(6-4-12)19-24(20,21)18-15-8-10-22-16(15)11-13-7-9-23-17(13)18/h3-6,11,19H,2,7-10H2,1H3. The molecule has 0 atom stereocenters. The van der Waals surface area contributed by atoms with Gasteiger partial charge in [0.2, 0.25) is 0 Å². The number of anilines is 1. The van der Waals surface area contributed by atoms with Gasteiger partial charge in [0.05, 0.1) is 13.2 Å². The molecule has 5 nitrogen and oxygen atoms in total. The van der Waals surface area contributed by atoms with Crippen LogP contribution in [0.25, 0.3) is 0 Å². The van der Waals surface area contributed by atoms with Crippen LogP contribution < -0.4 is 14.2 Å². The summed E-state index contributed by atoms with van der Waals surface area (Å²) in [5.41, 5.74) is 3.33. The number of fused-ring (bicyclic) bond motifs is 2. The minimum Gasteiger partial charge on any atom is -0.493 e. The molecule has 0 fully saturated rings. The summed E-state index contributed by atoms with van der Waals surface area (Å²) >= 11 is 0. The van der Waals surface area contributed by atoms with Crippen LogP contribution in [0.4, 0.5) is 5.69 Å². The Kier molecular flexibility index (Phi) is 3.64. The van der Waals surface area contributed by atoms with Crippen molar-refractivity contribution in [1.82, 2.24) is 0 Å². The van der Waals surface area contributed by atoms with Gasteiger partial charge in [0.1, 0.15) is 16.4 Å². The Morgan fingerprint density at radius 3 is 2.58 bits per heavy atom. The second-order valence-corrected chi connectivity index (χ2v) is 7.64. The zero-order valence-corrected chi connectivity index (χ0v) is 14.3. The lowest BCUT2D eigenvalue weighted by molar-refractivity contribution is 0.348. The quantitative estimate of drug-likeness (QED) is 0.925. The van der Waals surface area contributed by atoms with Gasteiger partial charge in [0, 0.05) is 29.7 Å². The van der Waals surface area contributed by atoms with E-state index >= 15 is 0 Å². The molecule has 2 aromatic rings. The summed E-state index contributed by atoms with van der Waals surface area (Å²) in [7, 11) is -3.74. The lowest BCUT2D eigenvalue weighted by atomic mass is 10.1. The van der Waals surface area contributed by atoms with Gasteiger partial charge in [-0.05, 0) is 30.2 Å². The maximum atomic E-state index is 13.0. The monoisotopic (exact) mass is 345 g/mol. The summed E-state index contributed by atoms with van der Waals surface area (Å²) in [6.07, 6.45) is 2.20. The van der Waals surface area contributed by atoms with Gasteiger partial charge in [-0.2, -0.15) is 0 Å². The van der Waals surface area contributed by atoms with Crippen LogP contribution in [0.5, 0.6) is 11.5 Å². The minimum atomic E-state index is -3.74. The Morgan fingerprint density at radius 2 is 1.83 bits per heavy atom. The van der Waals surface area contributed by atoms with E-state index in [2.05, 4.69) is 11.6 Å². The first-order valence-corrected chi connectivity index (χ1v) is 9.63. The molecule has 1 N–H and O–H groups in total. The van der Waals surface area contributed by atoms with Gasteiger partial charge in [0.25, 0.3) is 10.0 Å². The second kappa shape index (κ2) is 5.70. The van der Waals surface area contributed by atoms with E-state index in [1.807, 2.05) is 18.2 Å². The number of hydrogen-bond acceptors (Lipinski definition) is 4. The number of benzene rings is 2. The number of aryl methyl sites for hydroxylation is 1. The highest BCUT2D eigenvalue weighted by molar-refractivity contribution is 7.92. The molecule has 0 unspecified atom stereocenters. The Balaban J connectivity index is 1.77. The number of rotatable bonds is 4. The van der Waals surface area contributed by atoms with Crippen LogP contribution in [0.3, 0.4) is 0 Å². The SMILES string of the molecule is CCc1ccc(NS(=O)(=O)c2c3c(cc4c2OCC4)OCC3)cc1. The lowest BCUT2D eigenvalue weighted by Gasteiger charge is -2.15. The highest BCUT2D eigenvalue weighted by Gasteiger charge is 2.33. The van der Waals surface area contributed by atoms with Gasteiger partial charge in [0.15, 0.2) is 0 Å². The molecule has 0 saturated carbocycles. The van der Waals surface area contributed by atoms with E-state index in [0.717, 1.165) is 17.5 Å². The molecule has 0 radical (unpaired) electrons. The van der Waals surface area contributed by atoms with Crippen LogP contribution in [0.2, 0.25) is 0 Å². The first-order chi connectivity index (χ1) is 11.6. The van der Waals surface area contributed by atoms with Gasteiger partial charge in [-0.15, -0.1) is 0 Å². The van der Waals surface area contributed by atoms with E-state index in [1.54, 1.807) is 12.1 Å². The van der Waals surface area contributed by atoms with Gasteiger partial charge in [-0.1, -0.05) is 19.1 Å². The van der Waals surface area contributed by atoms with Crippen molar-refractivity contribution in [3.05, 3.63) is 47.0 Å². The number of ether oxygens (including phenoxy) is 2. The zero-order valence-electron chi connectivity index (χ0n) is 13.5. The Morgan fingerprint density at radius 1 is 1.08 bits per heavy atom. The van der Waals surface area contributed by atoms with Crippen LogP contribution >= 0.6 is 0 Å². The van der Waals surface area contributed by atoms with Crippen molar-refractivity contribution in [3.8, 4) is 11.5 Å². The van der Waals surface area contributed by atoms with Crippen molar-refractivity contribution in [2.45, 2.75) is 31.1 Å². The molecular formula is C18H19NO4S. The average molecular weight is 345 g/mol. The summed E-state index contributed by atoms with van der Waals surface area (Å²) < 4.78 is 40.0. The third-order valence-electron chi connectivity index (χ3n) is 4.49. The second-order valence-electron chi connectivity index (χ2n) is 6.02. The van der Waals surface area contributed by atoms with Crippen molar-refractivity contribution in [3.63, 3.8) is 0 Å². The van der Waals surface area contributed by atoms with Crippen LogP contribution in [-0.4, -0.2) is 21.6 Å². The van der Waals surface area contributed by atoms with Crippen LogP contribution in [0.15, 0.2) is 35.2 Å². The molecule has 2 aliphatic rings. The number of sulfonamides is 1.